The molecule has 1 aliphatic rings. The van der Waals surface area contributed by atoms with Gasteiger partial charge in [-0.15, -0.1) is 0 Å². The summed E-state index contributed by atoms with van der Waals surface area (Å²) in [5.74, 6) is 0.876. The minimum absolute atomic E-state index is 0.0495. The average molecular weight is 285 g/mol. The van der Waals surface area contributed by atoms with E-state index in [2.05, 4.69) is 11.2 Å². The third-order valence-corrected chi connectivity index (χ3v) is 3.94. The number of ether oxygens (including phenoxy) is 1. The van der Waals surface area contributed by atoms with E-state index in [9.17, 15) is 4.79 Å². The van der Waals surface area contributed by atoms with Crippen molar-refractivity contribution in [1.29, 1.82) is 0 Å². The van der Waals surface area contributed by atoms with Crippen molar-refractivity contribution < 1.29 is 9.53 Å². The average Bonchev–Trinajstić information content (AvgIpc) is 3.15. The standard InChI is InChI=1S/C16H19N3O2/c1-18-11-13(10-17-18)16(20)19-8-4-7-15(19)12-5-3-6-14(9-12)21-2/h3,5-6,9-11,15H,4,7-8H2,1-2H3/t15-/m0/s1. The number of carbonyl (C=O) groups is 1. The van der Waals surface area contributed by atoms with Gasteiger partial charge in [-0.2, -0.15) is 5.10 Å². The monoisotopic (exact) mass is 285 g/mol. The third-order valence-electron chi connectivity index (χ3n) is 3.94. The van der Waals surface area contributed by atoms with E-state index in [1.165, 1.54) is 0 Å². The molecule has 1 aliphatic heterocycles. The number of likely N-dealkylation sites (tertiary alicyclic amines) is 1. The quantitative estimate of drug-likeness (QED) is 0.870. The molecule has 0 radical (unpaired) electrons. The lowest BCUT2D eigenvalue weighted by Gasteiger charge is -2.25. The lowest BCUT2D eigenvalue weighted by molar-refractivity contribution is 0.0735. The number of benzene rings is 1. The smallest absolute Gasteiger partial charge is 0.257 e. The highest BCUT2D eigenvalue weighted by Crippen LogP contribution is 2.34. The van der Waals surface area contributed by atoms with Gasteiger partial charge in [-0.25, -0.2) is 0 Å². The molecule has 0 bridgehead atoms. The van der Waals surface area contributed by atoms with E-state index in [1.54, 1.807) is 24.2 Å². The second kappa shape index (κ2) is 5.60. The number of aryl methyl sites for hydroxylation is 1. The first-order valence-corrected chi connectivity index (χ1v) is 7.12. The van der Waals surface area contributed by atoms with Crippen molar-refractivity contribution in [1.82, 2.24) is 14.7 Å². The molecule has 1 saturated heterocycles. The van der Waals surface area contributed by atoms with Crippen LogP contribution in [0.1, 0.15) is 34.8 Å². The van der Waals surface area contributed by atoms with Gasteiger partial charge >= 0.3 is 0 Å². The summed E-state index contributed by atoms with van der Waals surface area (Å²) in [7, 11) is 3.48. The van der Waals surface area contributed by atoms with Gasteiger partial charge < -0.3 is 9.64 Å². The molecule has 1 amide bonds. The summed E-state index contributed by atoms with van der Waals surface area (Å²) in [5, 5.41) is 4.08. The molecule has 1 aromatic heterocycles. The second-order valence-electron chi connectivity index (χ2n) is 5.34. The summed E-state index contributed by atoms with van der Waals surface area (Å²) >= 11 is 0. The Morgan fingerprint density at radius 2 is 2.29 bits per heavy atom. The number of aromatic nitrogens is 2. The zero-order chi connectivity index (χ0) is 14.8. The van der Waals surface area contributed by atoms with Crippen molar-refractivity contribution in [3.63, 3.8) is 0 Å². The maximum Gasteiger partial charge on any atom is 0.257 e. The number of amides is 1. The van der Waals surface area contributed by atoms with Crippen LogP contribution >= 0.6 is 0 Å². The predicted molar refractivity (Wildman–Crippen MR) is 79.2 cm³/mol. The summed E-state index contributed by atoms with van der Waals surface area (Å²) < 4.78 is 6.94. The number of methoxy groups -OCH3 is 1. The van der Waals surface area contributed by atoms with Gasteiger partial charge in [-0.3, -0.25) is 9.48 Å². The normalized spacial score (nSPS) is 18.0. The molecule has 5 heteroatoms. The molecule has 2 aromatic rings. The van der Waals surface area contributed by atoms with E-state index < -0.39 is 0 Å². The van der Waals surface area contributed by atoms with Gasteiger partial charge in [-0.1, -0.05) is 12.1 Å². The van der Waals surface area contributed by atoms with Crippen LogP contribution in [-0.4, -0.2) is 34.2 Å². The van der Waals surface area contributed by atoms with E-state index in [1.807, 2.05) is 30.1 Å². The first-order chi connectivity index (χ1) is 10.2. The van der Waals surface area contributed by atoms with Gasteiger partial charge in [0.25, 0.3) is 5.91 Å². The number of nitrogens with zero attached hydrogens (tertiary/aromatic N) is 3. The molecule has 1 aromatic carbocycles. The Balaban J connectivity index is 1.86. The Hall–Kier alpha value is -2.30. The summed E-state index contributed by atoms with van der Waals surface area (Å²) in [5.41, 5.74) is 1.77. The van der Waals surface area contributed by atoms with Crippen LogP contribution in [0.15, 0.2) is 36.7 Å². The van der Waals surface area contributed by atoms with Crippen molar-refractivity contribution in [3.05, 3.63) is 47.8 Å². The minimum Gasteiger partial charge on any atom is -0.497 e. The maximum absolute atomic E-state index is 12.6. The molecule has 0 N–H and O–H groups in total. The number of rotatable bonds is 3. The summed E-state index contributed by atoms with van der Waals surface area (Å²) in [6.45, 7) is 0.787. The molecule has 21 heavy (non-hydrogen) atoms. The van der Waals surface area contributed by atoms with Gasteiger partial charge in [0.05, 0.1) is 24.9 Å². The fourth-order valence-electron chi connectivity index (χ4n) is 2.90. The highest BCUT2D eigenvalue weighted by atomic mass is 16.5. The Kier molecular flexibility index (Phi) is 3.64. The van der Waals surface area contributed by atoms with Gasteiger partial charge in [0.15, 0.2) is 0 Å². The van der Waals surface area contributed by atoms with Crippen molar-refractivity contribution in [2.45, 2.75) is 18.9 Å². The third kappa shape index (κ3) is 2.63. The molecule has 3 rings (SSSR count). The molecule has 110 valence electrons. The van der Waals surface area contributed by atoms with E-state index >= 15 is 0 Å². The van der Waals surface area contributed by atoms with Gasteiger partial charge in [0, 0.05) is 19.8 Å². The van der Waals surface area contributed by atoms with Crippen LogP contribution in [0.3, 0.4) is 0 Å². The highest BCUT2D eigenvalue weighted by molar-refractivity contribution is 5.94. The first-order valence-electron chi connectivity index (χ1n) is 7.12. The zero-order valence-electron chi connectivity index (χ0n) is 12.3. The Morgan fingerprint density at radius 1 is 1.43 bits per heavy atom. The van der Waals surface area contributed by atoms with Crippen molar-refractivity contribution in [2.75, 3.05) is 13.7 Å². The number of carbonyl (C=O) groups excluding carboxylic acids is 1. The molecule has 0 unspecified atom stereocenters. The fourth-order valence-corrected chi connectivity index (χ4v) is 2.90. The first kappa shape index (κ1) is 13.7. The summed E-state index contributed by atoms with van der Waals surface area (Å²) in [6, 6.07) is 8.08. The lowest BCUT2D eigenvalue weighted by Crippen LogP contribution is -2.30. The van der Waals surface area contributed by atoms with Crippen molar-refractivity contribution in [3.8, 4) is 5.75 Å². The van der Waals surface area contributed by atoms with Gasteiger partial charge in [-0.05, 0) is 30.5 Å². The van der Waals surface area contributed by atoms with Gasteiger partial charge in [0.2, 0.25) is 0 Å². The van der Waals surface area contributed by atoms with E-state index in [4.69, 9.17) is 4.74 Å². The van der Waals surface area contributed by atoms with Crippen molar-refractivity contribution >= 4 is 5.91 Å². The largest absolute Gasteiger partial charge is 0.497 e. The predicted octanol–water partition coefficient (Wildman–Crippen LogP) is 2.41. The van der Waals surface area contributed by atoms with Crippen LogP contribution < -0.4 is 4.74 Å². The molecule has 1 atom stereocenters. The van der Waals surface area contributed by atoms with E-state index in [-0.39, 0.29) is 11.9 Å². The molecule has 2 heterocycles. The number of hydrogen-bond acceptors (Lipinski definition) is 3. The summed E-state index contributed by atoms with van der Waals surface area (Å²) in [6.07, 6.45) is 5.40. The SMILES string of the molecule is COc1cccc([C@@H]2CCCN2C(=O)c2cnn(C)c2)c1. The summed E-state index contributed by atoms with van der Waals surface area (Å²) in [4.78, 5) is 14.6. The van der Waals surface area contributed by atoms with Crippen LogP contribution in [0.4, 0.5) is 0 Å². The van der Waals surface area contributed by atoms with E-state index in [0.29, 0.717) is 5.56 Å². The molecule has 0 spiro atoms. The van der Waals surface area contributed by atoms with E-state index in [0.717, 1.165) is 30.7 Å². The molecule has 0 saturated carbocycles. The minimum atomic E-state index is 0.0495. The van der Waals surface area contributed by atoms with Crippen LogP contribution in [0.2, 0.25) is 0 Å². The Labute approximate surface area is 124 Å². The zero-order valence-corrected chi connectivity index (χ0v) is 12.3. The molecular weight excluding hydrogens is 266 g/mol. The van der Waals surface area contributed by atoms with Crippen LogP contribution in [-0.2, 0) is 7.05 Å². The fraction of sp³-hybridized carbons (Fsp3) is 0.375. The van der Waals surface area contributed by atoms with Crippen LogP contribution in [0, 0.1) is 0 Å². The maximum atomic E-state index is 12.6. The van der Waals surface area contributed by atoms with Crippen LogP contribution in [0.5, 0.6) is 5.75 Å². The van der Waals surface area contributed by atoms with Crippen LogP contribution in [0.25, 0.3) is 0 Å². The molecule has 0 aliphatic carbocycles. The number of hydrogen-bond donors (Lipinski definition) is 0. The Bertz CT molecular complexity index is 650. The van der Waals surface area contributed by atoms with Gasteiger partial charge in [0.1, 0.15) is 5.75 Å². The lowest BCUT2D eigenvalue weighted by atomic mass is 10.0. The topological polar surface area (TPSA) is 47.4 Å². The van der Waals surface area contributed by atoms with Crippen molar-refractivity contribution in [2.24, 2.45) is 7.05 Å². The molecule has 1 fully saturated rings. The second-order valence-corrected chi connectivity index (χ2v) is 5.34. The Morgan fingerprint density at radius 3 is 3.00 bits per heavy atom. The molecular formula is C16H19N3O2. The highest BCUT2D eigenvalue weighted by Gasteiger charge is 2.31. The molecule has 5 nitrogen and oxygen atoms in total.